The Balaban J connectivity index is 1.34. The predicted octanol–water partition coefficient (Wildman–Crippen LogP) is 9.95. The number of phenols is 1. The lowest BCUT2D eigenvalue weighted by molar-refractivity contribution is 0.476. The van der Waals surface area contributed by atoms with Gasteiger partial charge in [0, 0.05) is 40.0 Å². The van der Waals surface area contributed by atoms with Crippen LogP contribution in [0.4, 0.5) is 0 Å². The maximum atomic E-state index is 10.9. The number of fused-ring (bicyclic) bond motifs is 4. The average molecular weight is 619 g/mol. The third kappa shape index (κ3) is 4.67. The van der Waals surface area contributed by atoms with Crippen molar-refractivity contribution in [3.05, 3.63) is 163 Å². The Bertz CT molecular complexity index is 2400. The molecular weight excluding hydrogens is 589 g/mol. The molecule has 8 aromatic rings. The van der Waals surface area contributed by atoms with Crippen LogP contribution in [0.2, 0.25) is 0 Å². The third-order valence-corrected chi connectivity index (χ3v) is 9.31. The van der Waals surface area contributed by atoms with Crippen molar-refractivity contribution in [3.63, 3.8) is 0 Å². The largest absolute Gasteiger partial charge is 0.507 e. The molecule has 48 heavy (non-hydrogen) atoms. The van der Waals surface area contributed by atoms with Crippen LogP contribution in [-0.2, 0) is 12.8 Å². The number of hydrogen-bond donors (Lipinski definition) is 1. The molecule has 1 aliphatic rings. The van der Waals surface area contributed by atoms with Crippen molar-refractivity contribution in [2.75, 3.05) is 0 Å². The summed E-state index contributed by atoms with van der Waals surface area (Å²) in [4.78, 5) is 15.3. The van der Waals surface area contributed by atoms with Gasteiger partial charge in [0.25, 0.3) is 0 Å². The summed E-state index contributed by atoms with van der Waals surface area (Å²) >= 11 is 0. The van der Waals surface area contributed by atoms with Crippen LogP contribution in [0.5, 0.6) is 5.75 Å². The smallest absolute Gasteiger partial charge is 0.146 e. The zero-order chi connectivity index (χ0) is 32.0. The van der Waals surface area contributed by atoms with Gasteiger partial charge in [-0.2, -0.15) is 0 Å². The number of phenolic OH excluding ortho intramolecular Hbond substituents is 1. The second-order valence-corrected chi connectivity index (χ2v) is 12.1. The number of rotatable bonds is 5. The van der Waals surface area contributed by atoms with E-state index in [0.29, 0.717) is 0 Å². The number of aryl methyl sites for hydroxylation is 2. The second kappa shape index (κ2) is 11.5. The molecule has 5 aromatic carbocycles. The number of benzene rings is 5. The van der Waals surface area contributed by atoms with Gasteiger partial charge in [-0.1, -0.05) is 115 Å². The highest BCUT2D eigenvalue weighted by atomic mass is 16.3. The fourth-order valence-corrected chi connectivity index (χ4v) is 7.05. The van der Waals surface area contributed by atoms with Crippen molar-refractivity contribution < 1.29 is 5.11 Å². The molecule has 5 heteroatoms. The molecule has 0 aliphatic heterocycles. The van der Waals surface area contributed by atoms with Gasteiger partial charge in [0.2, 0.25) is 0 Å². The lowest BCUT2D eigenvalue weighted by Crippen LogP contribution is -2.06. The summed E-state index contributed by atoms with van der Waals surface area (Å²) in [5.74, 6) is 1.06. The van der Waals surface area contributed by atoms with Gasteiger partial charge in [0.15, 0.2) is 0 Å². The van der Waals surface area contributed by atoms with E-state index in [0.717, 1.165) is 96.8 Å². The SMILES string of the molecule is Oc1cccc2c1-c1nc(-c3cn(-c4c(-c5ccccc5)cccc4-c4ccccc4)c(-c4cccc5ncccc45)n3)ccc1CC2. The standard InChI is InChI=1S/C43H30N4O/c48-39-21-7-15-30-22-23-31-24-25-37(45-41(31)40(30)39)38-27-47(43(46-38)35-18-9-20-36-34(35)19-10-26-44-36)42-32(28-11-3-1-4-12-28)16-8-17-33(42)29-13-5-2-6-14-29/h1-21,24-27,48H,22-23H2. The molecular formula is C43H30N4O. The fourth-order valence-electron chi connectivity index (χ4n) is 7.05. The van der Waals surface area contributed by atoms with Crippen LogP contribution in [-0.4, -0.2) is 24.6 Å². The van der Waals surface area contributed by atoms with Crippen LogP contribution in [0.25, 0.3) is 72.9 Å². The van der Waals surface area contributed by atoms with E-state index in [-0.39, 0.29) is 5.75 Å². The van der Waals surface area contributed by atoms with E-state index in [1.807, 2.05) is 42.6 Å². The van der Waals surface area contributed by atoms with Crippen molar-refractivity contribution in [1.82, 2.24) is 19.5 Å². The Labute approximate surface area is 278 Å². The van der Waals surface area contributed by atoms with Crippen LogP contribution in [0, 0.1) is 0 Å². The maximum absolute atomic E-state index is 10.9. The Hall–Kier alpha value is -6.33. The summed E-state index contributed by atoms with van der Waals surface area (Å²) in [5.41, 5.74) is 12.7. The Morgan fingerprint density at radius 1 is 0.542 bits per heavy atom. The van der Waals surface area contributed by atoms with Crippen molar-refractivity contribution in [3.8, 4) is 67.7 Å². The van der Waals surface area contributed by atoms with Gasteiger partial charge in [-0.3, -0.25) is 9.55 Å². The molecule has 0 radical (unpaired) electrons. The van der Waals surface area contributed by atoms with Crippen molar-refractivity contribution in [2.45, 2.75) is 12.8 Å². The van der Waals surface area contributed by atoms with Gasteiger partial charge >= 0.3 is 0 Å². The van der Waals surface area contributed by atoms with Crippen LogP contribution in [0.3, 0.4) is 0 Å². The molecule has 1 N–H and O–H groups in total. The van der Waals surface area contributed by atoms with Gasteiger partial charge < -0.3 is 5.11 Å². The first-order chi connectivity index (χ1) is 23.7. The van der Waals surface area contributed by atoms with Gasteiger partial charge in [-0.15, -0.1) is 0 Å². The van der Waals surface area contributed by atoms with Gasteiger partial charge in [0.1, 0.15) is 17.3 Å². The monoisotopic (exact) mass is 618 g/mol. The van der Waals surface area contributed by atoms with E-state index in [1.54, 1.807) is 6.07 Å². The van der Waals surface area contributed by atoms with Gasteiger partial charge in [0.05, 0.1) is 22.6 Å². The molecule has 3 aromatic heterocycles. The quantitative estimate of drug-likeness (QED) is 0.209. The Morgan fingerprint density at radius 3 is 2.00 bits per heavy atom. The third-order valence-electron chi connectivity index (χ3n) is 9.31. The fraction of sp³-hybridized carbons (Fsp3) is 0.0465. The van der Waals surface area contributed by atoms with E-state index in [1.165, 1.54) is 0 Å². The number of aromatic hydroxyl groups is 1. The molecule has 228 valence electrons. The molecule has 0 unspecified atom stereocenters. The number of aromatic nitrogens is 4. The zero-order valence-corrected chi connectivity index (χ0v) is 26.1. The topological polar surface area (TPSA) is 63.8 Å². The molecule has 0 spiro atoms. The molecule has 3 heterocycles. The van der Waals surface area contributed by atoms with Crippen molar-refractivity contribution in [1.29, 1.82) is 0 Å². The summed E-state index contributed by atoms with van der Waals surface area (Å²) < 4.78 is 2.23. The summed E-state index contributed by atoms with van der Waals surface area (Å²) in [6, 6.07) is 47.7. The summed E-state index contributed by atoms with van der Waals surface area (Å²) in [6.45, 7) is 0. The molecule has 0 saturated heterocycles. The summed E-state index contributed by atoms with van der Waals surface area (Å²) in [6.07, 6.45) is 5.70. The van der Waals surface area contributed by atoms with E-state index >= 15 is 0 Å². The van der Waals surface area contributed by atoms with E-state index in [4.69, 9.17) is 9.97 Å². The number of imidazole rings is 1. The van der Waals surface area contributed by atoms with Crippen molar-refractivity contribution in [2.24, 2.45) is 0 Å². The molecule has 0 bridgehead atoms. The molecule has 0 atom stereocenters. The summed E-state index contributed by atoms with van der Waals surface area (Å²) in [5, 5.41) is 11.9. The first-order valence-electron chi connectivity index (χ1n) is 16.2. The minimum Gasteiger partial charge on any atom is -0.507 e. The van der Waals surface area contributed by atoms with Crippen LogP contribution >= 0.6 is 0 Å². The molecule has 9 rings (SSSR count). The van der Waals surface area contributed by atoms with Crippen LogP contribution in [0.15, 0.2) is 152 Å². The second-order valence-electron chi connectivity index (χ2n) is 12.1. The summed E-state index contributed by atoms with van der Waals surface area (Å²) in [7, 11) is 0. The Kier molecular flexibility index (Phi) is 6.68. The van der Waals surface area contributed by atoms with Gasteiger partial charge in [-0.25, -0.2) is 9.97 Å². The van der Waals surface area contributed by atoms with Gasteiger partial charge in [-0.05, 0) is 59.4 Å². The van der Waals surface area contributed by atoms with Crippen LogP contribution < -0.4 is 0 Å². The van der Waals surface area contributed by atoms with Crippen LogP contribution in [0.1, 0.15) is 11.1 Å². The lowest BCUT2D eigenvalue weighted by Gasteiger charge is -2.20. The number of hydrogen-bond acceptors (Lipinski definition) is 4. The zero-order valence-electron chi connectivity index (χ0n) is 26.1. The average Bonchev–Trinajstić information content (AvgIpc) is 3.60. The highest BCUT2D eigenvalue weighted by Gasteiger charge is 2.24. The highest BCUT2D eigenvalue weighted by molar-refractivity contribution is 5.95. The molecule has 5 nitrogen and oxygen atoms in total. The molecule has 1 aliphatic carbocycles. The molecule has 0 amide bonds. The van der Waals surface area contributed by atoms with E-state index in [9.17, 15) is 5.11 Å². The van der Waals surface area contributed by atoms with E-state index in [2.05, 4.69) is 113 Å². The predicted molar refractivity (Wildman–Crippen MR) is 193 cm³/mol. The van der Waals surface area contributed by atoms with E-state index < -0.39 is 0 Å². The highest BCUT2D eigenvalue weighted by Crippen LogP contribution is 2.42. The number of para-hydroxylation sites is 1. The molecule has 0 saturated carbocycles. The maximum Gasteiger partial charge on any atom is 0.146 e. The minimum absolute atomic E-state index is 0.261. The lowest BCUT2D eigenvalue weighted by atomic mass is 9.88. The minimum atomic E-state index is 0.261. The normalized spacial score (nSPS) is 12.1. The number of pyridine rings is 2. The number of nitrogens with zero attached hydrogens (tertiary/aromatic N) is 4. The first-order valence-corrected chi connectivity index (χ1v) is 16.2. The Morgan fingerprint density at radius 2 is 1.23 bits per heavy atom. The van der Waals surface area contributed by atoms with Crippen molar-refractivity contribution >= 4 is 10.9 Å². The first kappa shape index (κ1) is 27.9. The molecule has 0 fully saturated rings.